The van der Waals surface area contributed by atoms with Gasteiger partial charge in [0.2, 0.25) is 0 Å². The van der Waals surface area contributed by atoms with E-state index in [0.717, 1.165) is 23.3 Å². The molecule has 0 spiro atoms. The van der Waals surface area contributed by atoms with Crippen LogP contribution in [0.2, 0.25) is 0 Å². The van der Waals surface area contributed by atoms with Gasteiger partial charge < -0.3 is 5.32 Å². The lowest BCUT2D eigenvalue weighted by Gasteiger charge is -2.24. The van der Waals surface area contributed by atoms with Crippen molar-refractivity contribution in [1.29, 1.82) is 0 Å². The monoisotopic (exact) mass is 331 g/mol. The summed E-state index contributed by atoms with van der Waals surface area (Å²) in [6.45, 7) is 6.34. The fraction of sp³-hybridized carbons (Fsp3) is 0.364. The largest absolute Gasteiger partial charge is 0.344 e. The van der Waals surface area contributed by atoms with Crippen molar-refractivity contribution in [2.24, 2.45) is 10.9 Å². The second kappa shape index (κ2) is 6.83. The highest BCUT2D eigenvalue weighted by Gasteiger charge is 2.17. The van der Waals surface area contributed by atoms with Gasteiger partial charge in [-0.25, -0.2) is 4.98 Å². The second-order valence-corrected chi connectivity index (χ2v) is 7.31. The zero-order valence-corrected chi connectivity index (χ0v) is 14.9. The van der Waals surface area contributed by atoms with Crippen LogP contribution in [-0.2, 0) is 0 Å². The molecule has 2 aliphatic rings. The van der Waals surface area contributed by atoms with Crippen LogP contribution >= 0.6 is 0 Å². The quantitative estimate of drug-likeness (QED) is 0.752. The van der Waals surface area contributed by atoms with Gasteiger partial charge in [0, 0.05) is 35.6 Å². The predicted molar refractivity (Wildman–Crippen MR) is 107 cm³/mol. The average Bonchev–Trinajstić information content (AvgIpc) is 3.08. The lowest BCUT2D eigenvalue weighted by Crippen LogP contribution is -2.14. The van der Waals surface area contributed by atoms with Crippen molar-refractivity contribution in [3.63, 3.8) is 0 Å². The van der Waals surface area contributed by atoms with Crippen molar-refractivity contribution in [2.45, 2.75) is 45.4 Å². The summed E-state index contributed by atoms with van der Waals surface area (Å²) < 4.78 is 0. The lowest BCUT2D eigenvalue weighted by molar-refractivity contribution is 0.405. The maximum atomic E-state index is 4.57. The van der Waals surface area contributed by atoms with E-state index in [1.54, 1.807) is 0 Å². The molecule has 3 nitrogen and oxygen atoms in total. The van der Waals surface area contributed by atoms with Crippen LogP contribution < -0.4 is 5.32 Å². The molecule has 0 saturated heterocycles. The fourth-order valence-electron chi connectivity index (χ4n) is 3.86. The number of nitrogens with zero attached hydrogens (tertiary/aromatic N) is 2. The SMILES string of the molecule is C=C(Nc1cc2cc(C3=CN=C(C)C3)ccc2cn1)C1CCCCC1. The van der Waals surface area contributed by atoms with Gasteiger partial charge in [-0.05, 0) is 54.3 Å². The topological polar surface area (TPSA) is 37.3 Å². The third kappa shape index (κ3) is 3.51. The Kier molecular flexibility index (Phi) is 4.39. The molecule has 25 heavy (non-hydrogen) atoms. The van der Waals surface area contributed by atoms with E-state index >= 15 is 0 Å². The van der Waals surface area contributed by atoms with Crippen molar-refractivity contribution in [2.75, 3.05) is 5.32 Å². The molecule has 0 atom stereocenters. The lowest BCUT2D eigenvalue weighted by atomic mass is 9.87. The Labute approximate surface area is 149 Å². The summed E-state index contributed by atoms with van der Waals surface area (Å²) >= 11 is 0. The Balaban J connectivity index is 1.55. The zero-order chi connectivity index (χ0) is 17.2. The molecule has 2 heterocycles. The molecule has 1 fully saturated rings. The fourth-order valence-corrected chi connectivity index (χ4v) is 3.86. The normalized spacial score (nSPS) is 18.1. The third-order valence-corrected chi connectivity index (χ3v) is 5.37. The Morgan fingerprint density at radius 2 is 1.96 bits per heavy atom. The van der Waals surface area contributed by atoms with Crippen LogP contribution in [0.15, 0.2) is 53.9 Å². The molecule has 1 saturated carbocycles. The van der Waals surface area contributed by atoms with E-state index in [1.807, 2.05) is 12.4 Å². The highest BCUT2D eigenvalue weighted by Crippen LogP contribution is 2.31. The van der Waals surface area contributed by atoms with Gasteiger partial charge in [0.25, 0.3) is 0 Å². The van der Waals surface area contributed by atoms with Crippen LogP contribution in [0.3, 0.4) is 0 Å². The van der Waals surface area contributed by atoms with Crippen molar-refractivity contribution >= 4 is 27.9 Å². The van der Waals surface area contributed by atoms with E-state index in [9.17, 15) is 0 Å². The van der Waals surface area contributed by atoms with E-state index in [0.29, 0.717) is 5.92 Å². The van der Waals surface area contributed by atoms with Gasteiger partial charge in [0.1, 0.15) is 5.82 Å². The first-order valence-electron chi connectivity index (χ1n) is 9.27. The first-order chi connectivity index (χ1) is 12.2. The van der Waals surface area contributed by atoms with Crippen molar-refractivity contribution in [3.05, 3.63) is 54.5 Å². The Morgan fingerprint density at radius 1 is 1.12 bits per heavy atom. The summed E-state index contributed by atoms with van der Waals surface area (Å²) in [7, 11) is 0. The first kappa shape index (κ1) is 16.1. The van der Waals surface area contributed by atoms with Gasteiger partial charge in [-0.2, -0.15) is 0 Å². The minimum Gasteiger partial charge on any atom is -0.344 e. The second-order valence-electron chi connectivity index (χ2n) is 7.31. The molecule has 0 bridgehead atoms. The van der Waals surface area contributed by atoms with E-state index < -0.39 is 0 Å². The molecular weight excluding hydrogens is 306 g/mol. The number of pyridine rings is 1. The van der Waals surface area contributed by atoms with Crippen LogP contribution in [0.25, 0.3) is 16.3 Å². The van der Waals surface area contributed by atoms with Crippen molar-refractivity contribution in [1.82, 2.24) is 4.98 Å². The Bertz CT molecular complexity index is 870. The van der Waals surface area contributed by atoms with Gasteiger partial charge in [-0.15, -0.1) is 0 Å². The smallest absolute Gasteiger partial charge is 0.130 e. The molecule has 3 heteroatoms. The summed E-state index contributed by atoms with van der Waals surface area (Å²) in [6.07, 6.45) is 11.4. The molecule has 128 valence electrons. The number of aromatic nitrogens is 1. The summed E-state index contributed by atoms with van der Waals surface area (Å²) in [6, 6.07) is 8.69. The van der Waals surface area contributed by atoms with Crippen LogP contribution in [-0.4, -0.2) is 10.7 Å². The maximum Gasteiger partial charge on any atom is 0.130 e. The van der Waals surface area contributed by atoms with Crippen LogP contribution in [0, 0.1) is 5.92 Å². The Morgan fingerprint density at radius 3 is 2.72 bits per heavy atom. The number of rotatable bonds is 4. The van der Waals surface area contributed by atoms with E-state index in [4.69, 9.17) is 0 Å². The first-order valence-corrected chi connectivity index (χ1v) is 9.27. The number of benzene rings is 1. The molecular formula is C22H25N3. The van der Waals surface area contributed by atoms with Crippen molar-refractivity contribution in [3.8, 4) is 0 Å². The van der Waals surface area contributed by atoms with Crippen LogP contribution in [0.5, 0.6) is 0 Å². The van der Waals surface area contributed by atoms with E-state index in [-0.39, 0.29) is 0 Å². The molecule has 1 aromatic carbocycles. The number of hydrogen-bond acceptors (Lipinski definition) is 3. The molecule has 2 aromatic rings. The van der Waals surface area contributed by atoms with E-state index in [2.05, 4.69) is 53.1 Å². The average molecular weight is 331 g/mol. The minimum absolute atomic E-state index is 0.585. The molecule has 1 N–H and O–H groups in total. The summed E-state index contributed by atoms with van der Waals surface area (Å²) in [5.41, 5.74) is 4.83. The van der Waals surface area contributed by atoms with Crippen LogP contribution in [0.1, 0.15) is 51.0 Å². The van der Waals surface area contributed by atoms with Gasteiger partial charge in [0.15, 0.2) is 0 Å². The minimum atomic E-state index is 0.585. The maximum absolute atomic E-state index is 4.57. The molecule has 1 aliphatic carbocycles. The van der Waals surface area contributed by atoms with Gasteiger partial charge >= 0.3 is 0 Å². The van der Waals surface area contributed by atoms with Crippen LogP contribution in [0.4, 0.5) is 5.82 Å². The molecule has 0 unspecified atom stereocenters. The number of allylic oxidation sites excluding steroid dienone is 2. The number of fused-ring (bicyclic) bond motifs is 1. The number of nitrogens with one attached hydrogen (secondary N) is 1. The summed E-state index contributed by atoms with van der Waals surface area (Å²) in [4.78, 5) is 8.97. The summed E-state index contributed by atoms with van der Waals surface area (Å²) in [5.74, 6) is 1.48. The highest BCUT2D eigenvalue weighted by atomic mass is 15.0. The number of anilines is 1. The molecule has 4 rings (SSSR count). The van der Waals surface area contributed by atoms with E-state index in [1.165, 1.54) is 54.3 Å². The Hall–Kier alpha value is -2.42. The summed E-state index contributed by atoms with van der Waals surface area (Å²) in [5, 5.41) is 5.82. The number of aliphatic imine (C=N–C) groups is 1. The molecule has 1 aliphatic heterocycles. The molecule has 0 amide bonds. The zero-order valence-electron chi connectivity index (χ0n) is 14.9. The number of hydrogen-bond donors (Lipinski definition) is 1. The third-order valence-electron chi connectivity index (χ3n) is 5.37. The standard InChI is InChI=1S/C22H25N3/c1-15-10-21(14-23-15)18-8-9-19-13-24-22(12-20(19)11-18)25-16(2)17-6-4-3-5-7-17/h8-9,11-14,17H,2-7,10H2,1H3,(H,24,25). The van der Waals surface area contributed by atoms with Crippen molar-refractivity contribution < 1.29 is 0 Å². The van der Waals surface area contributed by atoms with Gasteiger partial charge in [0.05, 0.1) is 0 Å². The predicted octanol–water partition coefficient (Wildman–Crippen LogP) is 5.95. The van der Waals surface area contributed by atoms with Gasteiger partial charge in [-0.3, -0.25) is 4.99 Å². The molecule has 0 radical (unpaired) electrons. The molecule has 1 aromatic heterocycles. The highest BCUT2D eigenvalue weighted by molar-refractivity contribution is 5.98. The van der Waals surface area contributed by atoms with Gasteiger partial charge in [-0.1, -0.05) is 38.0 Å².